The summed E-state index contributed by atoms with van der Waals surface area (Å²) in [5.74, 6) is 0.172. The van der Waals surface area contributed by atoms with E-state index in [-0.39, 0.29) is 11.8 Å². The second-order valence-corrected chi connectivity index (χ2v) is 5.27. The molecule has 5 nitrogen and oxygen atoms in total. The first-order valence-electron chi connectivity index (χ1n) is 7.40. The second-order valence-electron chi connectivity index (χ2n) is 5.27. The molecule has 0 aliphatic rings. The van der Waals surface area contributed by atoms with Crippen molar-refractivity contribution in [2.45, 2.75) is 32.7 Å². The molecule has 0 bridgehead atoms. The van der Waals surface area contributed by atoms with Crippen LogP contribution in [0.2, 0.25) is 0 Å². The van der Waals surface area contributed by atoms with Gasteiger partial charge >= 0.3 is 0 Å². The lowest BCUT2D eigenvalue weighted by Gasteiger charge is -2.12. The van der Waals surface area contributed by atoms with Gasteiger partial charge < -0.3 is 9.88 Å². The van der Waals surface area contributed by atoms with E-state index >= 15 is 0 Å². The molecule has 5 heteroatoms. The smallest absolute Gasteiger partial charge is 0.222 e. The number of carbonyl (C=O) groups excluding carboxylic acids is 1. The monoisotopic (exact) mass is 286 g/mol. The average Bonchev–Trinajstić information content (AvgIpc) is 3.01. The number of amides is 1. The normalized spacial score (nSPS) is 12.0. The van der Waals surface area contributed by atoms with Crippen LogP contribution in [0, 0.1) is 5.92 Å². The predicted octanol–water partition coefficient (Wildman–Crippen LogP) is 2.05. The highest BCUT2D eigenvalue weighted by atomic mass is 16.1. The maximum Gasteiger partial charge on any atom is 0.222 e. The summed E-state index contributed by atoms with van der Waals surface area (Å²) in [6, 6.07) is 10.4. The molecule has 0 aliphatic carbocycles. The molecule has 112 valence electrons. The summed E-state index contributed by atoms with van der Waals surface area (Å²) in [5.41, 5.74) is 1.33. The maximum atomic E-state index is 12.0. The van der Waals surface area contributed by atoms with Crippen LogP contribution in [0.4, 0.5) is 0 Å². The first kappa shape index (κ1) is 15.2. The highest BCUT2D eigenvalue weighted by Crippen LogP contribution is 2.10. The third kappa shape index (κ3) is 5.38. The van der Waals surface area contributed by atoms with Crippen LogP contribution >= 0.6 is 0 Å². The minimum Gasteiger partial charge on any atom is -0.354 e. The van der Waals surface area contributed by atoms with Crippen LogP contribution in [-0.2, 0) is 17.8 Å². The van der Waals surface area contributed by atoms with Gasteiger partial charge in [-0.2, -0.15) is 0 Å². The Labute approximate surface area is 125 Å². The maximum absolute atomic E-state index is 12.0. The topological polar surface area (TPSA) is 59.8 Å². The van der Waals surface area contributed by atoms with Crippen molar-refractivity contribution < 1.29 is 4.79 Å². The average molecular weight is 286 g/mol. The van der Waals surface area contributed by atoms with Gasteiger partial charge in [0, 0.05) is 19.0 Å². The first-order valence-corrected chi connectivity index (χ1v) is 7.40. The Kier molecular flexibility index (Phi) is 5.94. The minimum absolute atomic E-state index is 0.0506. The van der Waals surface area contributed by atoms with Crippen molar-refractivity contribution in [2.24, 2.45) is 5.92 Å². The van der Waals surface area contributed by atoms with E-state index in [1.54, 1.807) is 12.7 Å². The summed E-state index contributed by atoms with van der Waals surface area (Å²) in [6.45, 7) is 3.30. The molecule has 0 saturated heterocycles. The number of rotatable bonds is 8. The molecule has 0 aliphatic heterocycles. The van der Waals surface area contributed by atoms with Crippen LogP contribution in [0.25, 0.3) is 0 Å². The molecule has 1 atom stereocenters. The van der Waals surface area contributed by atoms with Crippen molar-refractivity contribution in [1.29, 1.82) is 0 Å². The summed E-state index contributed by atoms with van der Waals surface area (Å²) in [7, 11) is 0. The lowest BCUT2D eigenvalue weighted by Crippen LogP contribution is -2.31. The van der Waals surface area contributed by atoms with E-state index in [9.17, 15) is 4.79 Å². The van der Waals surface area contributed by atoms with Crippen molar-refractivity contribution >= 4 is 5.91 Å². The molecule has 21 heavy (non-hydrogen) atoms. The van der Waals surface area contributed by atoms with Gasteiger partial charge in [0.25, 0.3) is 0 Å². The van der Waals surface area contributed by atoms with Gasteiger partial charge in [0.05, 0.1) is 0 Å². The molecule has 1 amide bonds. The highest BCUT2D eigenvalue weighted by Gasteiger charge is 2.11. The van der Waals surface area contributed by atoms with E-state index in [2.05, 4.69) is 39.8 Å². The Balaban J connectivity index is 1.61. The molecule has 1 heterocycles. The van der Waals surface area contributed by atoms with E-state index in [1.165, 1.54) is 5.56 Å². The number of carbonyl (C=O) groups is 1. The van der Waals surface area contributed by atoms with Crippen LogP contribution in [0.3, 0.4) is 0 Å². The second kappa shape index (κ2) is 8.19. The number of hydrogen-bond acceptors (Lipinski definition) is 3. The van der Waals surface area contributed by atoms with E-state index in [4.69, 9.17) is 0 Å². The molecule has 0 fully saturated rings. The summed E-state index contributed by atoms with van der Waals surface area (Å²) in [6.07, 6.45) is 6.27. The van der Waals surface area contributed by atoms with Gasteiger partial charge in [-0.1, -0.05) is 37.3 Å². The number of benzene rings is 1. The van der Waals surface area contributed by atoms with Crippen LogP contribution in [0.5, 0.6) is 0 Å². The first-order chi connectivity index (χ1) is 10.3. The van der Waals surface area contributed by atoms with Crippen molar-refractivity contribution in [3.05, 3.63) is 48.5 Å². The predicted molar refractivity (Wildman–Crippen MR) is 81.6 cm³/mol. The molecule has 1 aromatic heterocycles. The van der Waals surface area contributed by atoms with Crippen molar-refractivity contribution in [2.75, 3.05) is 6.54 Å². The zero-order valence-corrected chi connectivity index (χ0v) is 12.4. The van der Waals surface area contributed by atoms with Crippen molar-refractivity contribution in [3.63, 3.8) is 0 Å². The van der Waals surface area contributed by atoms with E-state index in [0.29, 0.717) is 13.1 Å². The van der Waals surface area contributed by atoms with Crippen molar-refractivity contribution in [1.82, 2.24) is 20.1 Å². The lowest BCUT2D eigenvalue weighted by molar-refractivity contribution is -0.124. The number of aromatic nitrogens is 3. The standard InChI is InChI=1S/C16H22N4O/c1-14(6-5-9-15-7-3-2-4-8-15)16(21)17-10-11-20-12-18-19-13-20/h2-4,7-8,12-14H,5-6,9-11H2,1H3,(H,17,21). The van der Waals surface area contributed by atoms with Crippen LogP contribution in [0.1, 0.15) is 25.3 Å². The summed E-state index contributed by atoms with van der Waals surface area (Å²) >= 11 is 0. The SMILES string of the molecule is CC(CCCc1ccccc1)C(=O)NCCn1cnnc1. The third-order valence-electron chi connectivity index (χ3n) is 3.53. The molecule has 1 unspecified atom stereocenters. The van der Waals surface area contributed by atoms with Gasteiger partial charge in [-0.15, -0.1) is 10.2 Å². The van der Waals surface area contributed by atoms with Crippen LogP contribution in [-0.4, -0.2) is 27.2 Å². The lowest BCUT2D eigenvalue weighted by atomic mass is 10.0. The van der Waals surface area contributed by atoms with Crippen LogP contribution < -0.4 is 5.32 Å². The van der Waals surface area contributed by atoms with Gasteiger partial charge in [0.15, 0.2) is 0 Å². The molecular weight excluding hydrogens is 264 g/mol. The Bertz CT molecular complexity index is 524. The molecule has 1 N–H and O–H groups in total. The number of nitrogens with zero attached hydrogens (tertiary/aromatic N) is 3. The highest BCUT2D eigenvalue weighted by molar-refractivity contribution is 5.78. The molecule has 0 saturated carbocycles. The zero-order chi connectivity index (χ0) is 14.9. The summed E-state index contributed by atoms with van der Waals surface area (Å²) in [5, 5.41) is 10.4. The fraction of sp³-hybridized carbons (Fsp3) is 0.438. The van der Waals surface area contributed by atoms with E-state index in [0.717, 1.165) is 19.3 Å². The number of aryl methyl sites for hydroxylation is 1. The Morgan fingerprint density at radius 1 is 1.24 bits per heavy atom. The molecule has 2 aromatic rings. The van der Waals surface area contributed by atoms with Crippen LogP contribution in [0.15, 0.2) is 43.0 Å². The molecule has 0 radical (unpaired) electrons. The minimum atomic E-state index is 0.0506. The van der Waals surface area contributed by atoms with Gasteiger partial charge in [-0.25, -0.2) is 0 Å². The molecular formula is C16H22N4O. The summed E-state index contributed by atoms with van der Waals surface area (Å²) < 4.78 is 1.85. The largest absolute Gasteiger partial charge is 0.354 e. The van der Waals surface area contributed by atoms with Gasteiger partial charge in [-0.05, 0) is 24.8 Å². The number of hydrogen-bond donors (Lipinski definition) is 1. The molecule has 0 spiro atoms. The Morgan fingerprint density at radius 3 is 2.67 bits per heavy atom. The van der Waals surface area contributed by atoms with E-state index < -0.39 is 0 Å². The fourth-order valence-corrected chi connectivity index (χ4v) is 2.21. The Hall–Kier alpha value is -2.17. The number of nitrogens with one attached hydrogen (secondary N) is 1. The van der Waals surface area contributed by atoms with Gasteiger partial charge in [0.2, 0.25) is 5.91 Å². The zero-order valence-electron chi connectivity index (χ0n) is 12.4. The molecule has 2 rings (SSSR count). The van der Waals surface area contributed by atoms with Gasteiger partial charge in [-0.3, -0.25) is 4.79 Å². The summed E-state index contributed by atoms with van der Waals surface area (Å²) in [4.78, 5) is 12.0. The molecule has 1 aromatic carbocycles. The quantitative estimate of drug-likeness (QED) is 0.808. The van der Waals surface area contributed by atoms with E-state index in [1.807, 2.05) is 17.6 Å². The fourth-order valence-electron chi connectivity index (χ4n) is 2.21. The van der Waals surface area contributed by atoms with Crippen molar-refractivity contribution in [3.8, 4) is 0 Å². The Morgan fingerprint density at radius 2 is 1.95 bits per heavy atom. The van der Waals surface area contributed by atoms with Gasteiger partial charge in [0.1, 0.15) is 12.7 Å². The third-order valence-corrected chi connectivity index (χ3v) is 3.53.